The Hall–Kier alpha value is -2.51. The van der Waals surface area contributed by atoms with E-state index >= 15 is 0 Å². The summed E-state index contributed by atoms with van der Waals surface area (Å²) in [4.78, 5) is 20.9. The molecule has 0 atom stereocenters. The molecule has 2 heterocycles. The number of amides is 1. The predicted octanol–water partition coefficient (Wildman–Crippen LogP) is 3.49. The number of methoxy groups -OCH3 is 1. The van der Waals surface area contributed by atoms with Gasteiger partial charge in [0.15, 0.2) is 17.0 Å². The first kappa shape index (κ1) is 17.3. The van der Waals surface area contributed by atoms with Crippen LogP contribution in [0.5, 0.6) is 5.75 Å². The normalized spacial score (nSPS) is 10.9. The molecule has 0 aliphatic carbocycles. The summed E-state index contributed by atoms with van der Waals surface area (Å²) >= 11 is 12.0. The predicted molar refractivity (Wildman–Crippen MR) is 91.5 cm³/mol. The number of fused-ring (bicyclic) bond motifs is 1. The van der Waals surface area contributed by atoms with Gasteiger partial charge < -0.3 is 14.4 Å². The number of nitrogens with zero attached hydrogens (tertiary/aromatic N) is 3. The quantitative estimate of drug-likeness (QED) is 0.701. The van der Waals surface area contributed by atoms with Gasteiger partial charge >= 0.3 is 0 Å². The summed E-state index contributed by atoms with van der Waals surface area (Å²) in [5.41, 5.74) is 0.931. The Balaban J connectivity index is 2.19. The third-order valence-corrected chi connectivity index (χ3v) is 4.01. The van der Waals surface area contributed by atoms with Gasteiger partial charge in [0.1, 0.15) is 11.1 Å². The number of hydrogen-bond donors (Lipinski definition) is 1. The lowest BCUT2D eigenvalue weighted by molar-refractivity contribution is 0.0998. The van der Waals surface area contributed by atoms with E-state index in [-0.39, 0.29) is 26.5 Å². The number of rotatable bonds is 3. The van der Waals surface area contributed by atoms with E-state index in [1.165, 1.54) is 25.6 Å². The standard InChI is InChI=1S/C16H13Cl2N3O4/c1-3-12-19-14-11(24-2)5-4-8(15(14)25-12)16(22)20-13-9(17)6-21(23)7-10(13)18/h4-7,23H,3H2,1-2H3. The molecule has 9 heteroatoms. The number of carbonyl (C=O) groups is 1. The molecule has 0 saturated heterocycles. The highest BCUT2D eigenvalue weighted by Crippen LogP contribution is 2.29. The molecule has 1 N–H and O–H groups in total. The minimum Gasteiger partial charge on any atom is -0.494 e. The van der Waals surface area contributed by atoms with Crippen LogP contribution in [-0.4, -0.2) is 27.9 Å². The van der Waals surface area contributed by atoms with E-state index < -0.39 is 5.91 Å². The molecule has 0 unspecified atom stereocenters. The number of benzene rings is 1. The van der Waals surface area contributed by atoms with Gasteiger partial charge in [-0.15, -0.1) is 0 Å². The first-order chi connectivity index (χ1) is 11.9. The van der Waals surface area contributed by atoms with Crippen molar-refractivity contribution in [3.05, 3.63) is 51.4 Å². The third kappa shape index (κ3) is 3.20. The summed E-state index contributed by atoms with van der Waals surface area (Å²) in [7, 11) is 1.51. The van der Waals surface area contributed by atoms with Crippen LogP contribution < -0.4 is 10.1 Å². The van der Waals surface area contributed by atoms with Crippen molar-refractivity contribution in [2.45, 2.75) is 13.3 Å². The van der Waals surface area contributed by atoms with Crippen LogP contribution in [0, 0.1) is 0 Å². The maximum absolute atomic E-state index is 12.6. The Kier molecular flexibility index (Phi) is 4.69. The van der Waals surface area contributed by atoms with E-state index in [2.05, 4.69) is 9.98 Å². The van der Waals surface area contributed by atoms with Crippen molar-refractivity contribution >= 4 is 40.2 Å². The van der Waals surface area contributed by atoms with Gasteiger partial charge in [0.2, 0.25) is 0 Å². The zero-order valence-electron chi connectivity index (χ0n) is 13.3. The van der Waals surface area contributed by atoms with Crippen molar-refractivity contribution < 1.29 is 19.2 Å². The molecule has 3 aromatic rings. The smallest absolute Gasteiger partial charge is 0.281 e. The SMILES string of the molecule is CCc1nc2c(OC)ccc(C(=O)N=c3c(Cl)cn(O)cc3Cl)c2o1. The molecule has 0 spiro atoms. The third-order valence-electron chi connectivity index (χ3n) is 3.46. The Morgan fingerprint density at radius 3 is 2.64 bits per heavy atom. The molecule has 7 nitrogen and oxygen atoms in total. The molecule has 0 radical (unpaired) electrons. The van der Waals surface area contributed by atoms with Gasteiger partial charge in [-0.1, -0.05) is 30.1 Å². The van der Waals surface area contributed by atoms with Crippen molar-refractivity contribution in [2.75, 3.05) is 7.11 Å². The van der Waals surface area contributed by atoms with Crippen molar-refractivity contribution in [3.8, 4) is 5.75 Å². The summed E-state index contributed by atoms with van der Waals surface area (Å²) in [5, 5.41) is 9.49. The summed E-state index contributed by atoms with van der Waals surface area (Å²) in [6.07, 6.45) is 2.91. The number of carbonyl (C=O) groups excluding carboxylic acids is 1. The van der Waals surface area contributed by atoms with Crippen molar-refractivity contribution in [2.24, 2.45) is 4.99 Å². The average molecular weight is 382 g/mol. The van der Waals surface area contributed by atoms with Crippen LogP contribution in [0.2, 0.25) is 10.0 Å². The van der Waals surface area contributed by atoms with Gasteiger partial charge in [-0.25, -0.2) is 9.98 Å². The van der Waals surface area contributed by atoms with Gasteiger partial charge in [0.25, 0.3) is 5.91 Å². The van der Waals surface area contributed by atoms with Gasteiger partial charge in [0.05, 0.1) is 35.1 Å². The molecule has 130 valence electrons. The molecule has 0 fully saturated rings. The van der Waals surface area contributed by atoms with Crippen LogP contribution in [0.4, 0.5) is 0 Å². The van der Waals surface area contributed by atoms with E-state index in [1.54, 1.807) is 6.07 Å². The van der Waals surface area contributed by atoms with E-state index in [4.69, 9.17) is 32.4 Å². The molecular formula is C16H13Cl2N3O4. The fourth-order valence-electron chi connectivity index (χ4n) is 2.29. The lowest BCUT2D eigenvalue weighted by Gasteiger charge is -2.03. The molecule has 25 heavy (non-hydrogen) atoms. The number of aromatic nitrogens is 2. The summed E-state index contributed by atoms with van der Waals surface area (Å²) in [5.74, 6) is 0.365. The summed E-state index contributed by atoms with van der Waals surface area (Å²) in [6.45, 7) is 1.89. The molecule has 1 amide bonds. The molecular weight excluding hydrogens is 369 g/mol. The topological polar surface area (TPSA) is 89.8 Å². The highest BCUT2D eigenvalue weighted by molar-refractivity contribution is 6.34. The maximum Gasteiger partial charge on any atom is 0.281 e. The Morgan fingerprint density at radius 2 is 2.04 bits per heavy atom. The van der Waals surface area contributed by atoms with Crippen LogP contribution >= 0.6 is 23.2 Å². The fourth-order valence-corrected chi connectivity index (χ4v) is 2.82. The Labute approximate surface area is 152 Å². The Morgan fingerprint density at radius 1 is 1.36 bits per heavy atom. The zero-order chi connectivity index (χ0) is 18.1. The molecule has 0 aliphatic heterocycles. The fraction of sp³-hybridized carbons (Fsp3) is 0.188. The number of hydrogen-bond acceptors (Lipinski definition) is 5. The van der Waals surface area contributed by atoms with Crippen LogP contribution in [0.1, 0.15) is 23.2 Å². The maximum atomic E-state index is 12.6. The number of ether oxygens (including phenoxy) is 1. The van der Waals surface area contributed by atoms with E-state index in [0.29, 0.717) is 28.3 Å². The monoisotopic (exact) mass is 381 g/mol. The van der Waals surface area contributed by atoms with E-state index in [0.717, 1.165) is 0 Å². The van der Waals surface area contributed by atoms with Crippen molar-refractivity contribution in [1.82, 2.24) is 9.71 Å². The number of aryl methyl sites for hydroxylation is 1. The lowest BCUT2D eigenvalue weighted by atomic mass is 10.1. The number of halogens is 2. The summed E-state index contributed by atoms with van der Waals surface area (Å²) in [6, 6.07) is 3.15. The second-order valence-corrected chi connectivity index (χ2v) is 5.87. The van der Waals surface area contributed by atoms with Crippen LogP contribution in [-0.2, 0) is 6.42 Å². The number of oxazole rings is 1. The van der Waals surface area contributed by atoms with Crippen LogP contribution in [0.15, 0.2) is 33.9 Å². The zero-order valence-corrected chi connectivity index (χ0v) is 14.8. The first-order valence-electron chi connectivity index (χ1n) is 7.26. The van der Waals surface area contributed by atoms with Gasteiger partial charge in [-0.3, -0.25) is 4.79 Å². The Bertz CT molecular complexity index is 1010. The van der Waals surface area contributed by atoms with Gasteiger partial charge in [-0.2, -0.15) is 4.73 Å². The van der Waals surface area contributed by atoms with Crippen LogP contribution in [0.25, 0.3) is 11.1 Å². The molecule has 2 aromatic heterocycles. The highest BCUT2D eigenvalue weighted by Gasteiger charge is 2.19. The molecule has 3 rings (SSSR count). The highest BCUT2D eigenvalue weighted by atomic mass is 35.5. The molecule has 0 saturated carbocycles. The second-order valence-electron chi connectivity index (χ2n) is 5.05. The largest absolute Gasteiger partial charge is 0.494 e. The number of pyridine rings is 1. The minimum absolute atomic E-state index is 0.0277. The summed E-state index contributed by atoms with van der Waals surface area (Å²) < 4.78 is 11.6. The molecule has 0 aliphatic rings. The second kappa shape index (κ2) is 6.78. The van der Waals surface area contributed by atoms with Crippen molar-refractivity contribution in [1.29, 1.82) is 0 Å². The van der Waals surface area contributed by atoms with Gasteiger partial charge in [-0.05, 0) is 12.1 Å². The van der Waals surface area contributed by atoms with Crippen LogP contribution in [0.3, 0.4) is 0 Å². The van der Waals surface area contributed by atoms with Crippen molar-refractivity contribution in [3.63, 3.8) is 0 Å². The van der Waals surface area contributed by atoms with E-state index in [1.807, 2.05) is 6.92 Å². The molecule has 1 aromatic carbocycles. The lowest BCUT2D eigenvalue weighted by Crippen LogP contribution is -2.12. The first-order valence-corrected chi connectivity index (χ1v) is 8.02. The molecule has 0 bridgehead atoms. The van der Waals surface area contributed by atoms with Gasteiger partial charge in [0, 0.05) is 6.42 Å². The van der Waals surface area contributed by atoms with E-state index in [9.17, 15) is 10.0 Å². The average Bonchev–Trinajstić information content (AvgIpc) is 3.01. The minimum atomic E-state index is -0.606.